The fraction of sp³-hybridized carbons (Fsp3) is 0.357. The van der Waals surface area contributed by atoms with E-state index < -0.39 is 5.91 Å². The Kier molecular flexibility index (Phi) is 6.38. The molecule has 1 aromatic carbocycles. The van der Waals surface area contributed by atoms with Crippen LogP contribution in [0.15, 0.2) is 21.2 Å². The Balaban J connectivity index is 1.83. The first-order valence-corrected chi connectivity index (χ1v) is 7.83. The van der Waals surface area contributed by atoms with E-state index in [1.807, 2.05) is 12.1 Å². The molecule has 0 aliphatic rings. The minimum atomic E-state index is -0.433. The minimum absolute atomic E-state index is 0.0200. The van der Waals surface area contributed by atoms with E-state index in [2.05, 4.69) is 41.5 Å². The molecular weight excluding hydrogens is 382 g/mol. The van der Waals surface area contributed by atoms with Crippen molar-refractivity contribution < 1.29 is 18.9 Å². The normalized spacial score (nSPS) is 10.5. The summed E-state index contributed by atoms with van der Waals surface area (Å²) in [4.78, 5) is 11.8. The summed E-state index contributed by atoms with van der Waals surface area (Å²) < 4.78 is 15.9. The summed E-state index contributed by atoms with van der Waals surface area (Å²) in [6.07, 6.45) is 0. The third kappa shape index (κ3) is 4.36. The largest absolute Gasteiger partial charge is 0.493 e. The number of carbonyl (C=O) groups excluding carboxylic acids is 1. The number of benzene rings is 1. The molecule has 9 nitrogen and oxygen atoms in total. The second kappa shape index (κ2) is 8.50. The number of carbonyl (C=O) groups is 1. The molecule has 0 fully saturated rings. The van der Waals surface area contributed by atoms with E-state index in [4.69, 9.17) is 15.2 Å². The fourth-order valence-corrected chi connectivity index (χ4v) is 2.55. The molecule has 0 unspecified atom stereocenters. The van der Waals surface area contributed by atoms with Gasteiger partial charge in [0.2, 0.25) is 11.5 Å². The number of aromatic nitrogens is 2. The van der Waals surface area contributed by atoms with Crippen LogP contribution in [0.2, 0.25) is 0 Å². The van der Waals surface area contributed by atoms with E-state index in [-0.39, 0.29) is 11.5 Å². The summed E-state index contributed by atoms with van der Waals surface area (Å²) >= 11 is 3.43. The number of nitrogens with one attached hydrogen (secondary N) is 2. The Morgan fingerprint density at radius 2 is 2.08 bits per heavy atom. The van der Waals surface area contributed by atoms with Gasteiger partial charge in [-0.2, -0.15) is 0 Å². The van der Waals surface area contributed by atoms with E-state index in [0.717, 1.165) is 10.0 Å². The number of rotatable bonds is 8. The van der Waals surface area contributed by atoms with Crippen LogP contribution < -0.4 is 25.8 Å². The van der Waals surface area contributed by atoms with Crippen molar-refractivity contribution in [1.29, 1.82) is 0 Å². The number of hydrogen-bond acceptors (Lipinski definition) is 8. The third-order valence-electron chi connectivity index (χ3n) is 3.15. The highest BCUT2D eigenvalue weighted by Crippen LogP contribution is 2.34. The Hall–Kier alpha value is -2.33. The van der Waals surface area contributed by atoms with E-state index in [1.165, 1.54) is 0 Å². The quantitative estimate of drug-likeness (QED) is 0.560. The van der Waals surface area contributed by atoms with Crippen molar-refractivity contribution in [3.63, 3.8) is 0 Å². The van der Waals surface area contributed by atoms with Crippen LogP contribution in [0.3, 0.4) is 0 Å². The van der Waals surface area contributed by atoms with Crippen LogP contribution in [0.1, 0.15) is 16.1 Å². The summed E-state index contributed by atoms with van der Waals surface area (Å²) in [6, 6.07) is 3.77. The van der Waals surface area contributed by atoms with Crippen LogP contribution in [0.5, 0.6) is 11.5 Å². The maximum atomic E-state index is 11.8. The monoisotopic (exact) mass is 399 g/mol. The molecule has 2 rings (SSSR count). The van der Waals surface area contributed by atoms with Gasteiger partial charge in [0.25, 0.3) is 5.91 Å². The van der Waals surface area contributed by atoms with Gasteiger partial charge in [-0.05, 0) is 22.4 Å². The topological polar surface area (TPSA) is 125 Å². The van der Waals surface area contributed by atoms with Crippen LogP contribution in [-0.2, 0) is 6.54 Å². The molecule has 1 aromatic heterocycles. The first-order chi connectivity index (χ1) is 11.6. The van der Waals surface area contributed by atoms with Gasteiger partial charge >= 0.3 is 0 Å². The van der Waals surface area contributed by atoms with E-state index >= 15 is 0 Å². The van der Waals surface area contributed by atoms with Gasteiger partial charge in [-0.15, -0.1) is 0 Å². The number of nitrogen functional groups attached to an aromatic ring is 1. The zero-order chi connectivity index (χ0) is 17.5. The summed E-state index contributed by atoms with van der Waals surface area (Å²) in [5.41, 5.74) is 6.36. The molecule has 24 heavy (non-hydrogen) atoms. The van der Waals surface area contributed by atoms with Crippen molar-refractivity contribution in [2.45, 2.75) is 6.54 Å². The lowest BCUT2D eigenvalue weighted by molar-refractivity contribution is 0.0944. The molecule has 4 N–H and O–H groups in total. The smallest absolute Gasteiger partial charge is 0.277 e. The van der Waals surface area contributed by atoms with Crippen molar-refractivity contribution in [2.75, 3.05) is 33.0 Å². The summed E-state index contributed by atoms with van der Waals surface area (Å²) in [7, 11) is 3.17. The molecule has 1 amide bonds. The Labute approximate surface area is 147 Å². The molecule has 0 atom stereocenters. The van der Waals surface area contributed by atoms with Crippen molar-refractivity contribution in [2.24, 2.45) is 0 Å². The molecule has 2 aromatic rings. The summed E-state index contributed by atoms with van der Waals surface area (Å²) in [5.74, 6) is 0.841. The van der Waals surface area contributed by atoms with Crippen LogP contribution in [0.4, 0.5) is 5.82 Å². The summed E-state index contributed by atoms with van der Waals surface area (Å²) in [6.45, 7) is 1.47. The standard InChI is InChI=1S/C14H18BrN5O4/c1-22-10-6-9(15)5-8(12(10)23-2)7-17-3-4-18-14(21)11-13(16)20-24-19-11/h5-6,17H,3-4,7H2,1-2H3,(H2,16,20)(H,18,21). The van der Waals surface area contributed by atoms with E-state index in [0.29, 0.717) is 31.1 Å². The lowest BCUT2D eigenvalue weighted by Crippen LogP contribution is -2.32. The molecule has 130 valence electrons. The van der Waals surface area contributed by atoms with Gasteiger partial charge in [-0.3, -0.25) is 4.79 Å². The van der Waals surface area contributed by atoms with Gasteiger partial charge < -0.3 is 25.8 Å². The molecule has 0 saturated heterocycles. The van der Waals surface area contributed by atoms with E-state index in [1.54, 1.807) is 14.2 Å². The predicted molar refractivity (Wildman–Crippen MR) is 90.0 cm³/mol. The van der Waals surface area contributed by atoms with Crippen LogP contribution in [-0.4, -0.2) is 43.5 Å². The SMILES string of the molecule is COc1cc(Br)cc(CNCCNC(=O)c2nonc2N)c1OC. The first kappa shape index (κ1) is 18.0. The van der Waals surface area contributed by atoms with Crippen molar-refractivity contribution >= 4 is 27.7 Å². The highest BCUT2D eigenvalue weighted by atomic mass is 79.9. The fourth-order valence-electron chi connectivity index (χ4n) is 2.06. The van der Waals surface area contributed by atoms with Crippen LogP contribution in [0, 0.1) is 0 Å². The van der Waals surface area contributed by atoms with Gasteiger partial charge in [0.1, 0.15) is 0 Å². The molecular formula is C14H18BrN5O4. The Morgan fingerprint density at radius 1 is 1.29 bits per heavy atom. The van der Waals surface area contributed by atoms with E-state index in [9.17, 15) is 4.79 Å². The number of halogens is 1. The van der Waals surface area contributed by atoms with Gasteiger partial charge in [0.05, 0.1) is 14.2 Å². The summed E-state index contributed by atoms with van der Waals surface area (Å²) in [5, 5.41) is 12.7. The average Bonchev–Trinajstić information content (AvgIpc) is 2.99. The third-order valence-corrected chi connectivity index (χ3v) is 3.61. The number of nitrogens with zero attached hydrogens (tertiary/aromatic N) is 2. The molecule has 0 spiro atoms. The molecule has 0 aliphatic carbocycles. The zero-order valence-electron chi connectivity index (χ0n) is 13.3. The maximum absolute atomic E-state index is 11.8. The maximum Gasteiger partial charge on any atom is 0.277 e. The highest BCUT2D eigenvalue weighted by Gasteiger charge is 2.15. The lowest BCUT2D eigenvalue weighted by Gasteiger charge is -2.14. The number of methoxy groups -OCH3 is 2. The minimum Gasteiger partial charge on any atom is -0.493 e. The second-order valence-corrected chi connectivity index (χ2v) is 5.65. The lowest BCUT2D eigenvalue weighted by atomic mass is 10.2. The molecule has 0 saturated carbocycles. The van der Waals surface area contributed by atoms with Gasteiger partial charge in [-0.1, -0.05) is 15.9 Å². The van der Waals surface area contributed by atoms with Gasteiger partial charge in [0.15, 0.2) is 11.5 Å². The molecule has 0 aliphatic heterocycles. The Bertz CT molecular complexity index is 706. The van der Waals surface area contributed by atoms with Gasteiger partial charge in [0, 0.05) is 29.7 Å². The zero-order valence-corrected chi connectivity index (χ0v) is 14.8. The highest BCUT2D eigenvalue weighted by molar-refractivity contribution is 9.10. The molecule has 1 heterocycles. The molecule has 0 radical (unpaired) electrons. The number of amides is 1. The number of ether oxygens (including phenoxy) is 2. The average molecular weight is 400 g/mol. The van der Waals surface area contributed by atoms with Crippen molar-refractivity contribution in [1.82, 2.24) is 20.9 Å². The predicted octanol–water partition coefficient (Wildman–Crippen LogP) is 0.951. The number of hydrogen-bond donors (Lipinski definition) is 3. The second-order valence-electron chi connectivity index (χ2n) is 4.73. The van der Waals surface area contributed by atoms with Crippen molar-refractivity contribution in [3.05, 3.63) is 27.9 Å². The number of anilines is 1. The van der Waals surface area contributed by atoms with Crippen molar-refractivity contribution in [3.8, 4) is 11.5 Å². The molecule has 0 bridgehead atoms. The van der Waals surface area contributed by atoms with Crippen LogP contribution >= 0.6 is 15.9 Å². The van der Waals surface area contributed by atoms with Gasteiger partial charge in [-0.25, -0.2) is 4.63 Å². The number of nitrogens with two attached hydrogens (primary N) is 1. The van der Waals surface area contributed by atoms with Crippen LogP contribution in [0.25, 0.3) is 0 Å². The Morgan fingerprint density at radius 3 is 2.71 bits per heavy atom. The molecule has 10 heteroatoms. The first-order valence-electron chi connectivity index (χ1n) is 7.04.